The second-order valence-corrected chi connectivity index (χ2v) is 4.41. The lowest BCUT2D eigenvalue weighted by atomic mass is 9.92. The van der Waals surface area contributed by atoms with Crippen LogP contribution in [0, 0.1) is 5.82 Å². The zero-order valence-electron chi connectivity index (χ0n) is 7.81. The third-order valence-corrected chi connectivity index (χ3v) is 2.90. The number of fused-ring (bicyclic) bond motifs is 1. The van der Waals surface area contributed by atoms with E-state index in [0.717, 1.165) is 28.7 Å². The average molecular weight is 281 g/mol. The molecule has 0 radical (unpaired) electrons. The van der Waals surface area contributed by atoms with Gasteiger partial charge in [0.25, 0.3) is 0 Å². The minimum Gasteiger partial charge on any atom is -0.312 e. The molecule has 1 aliphatic rings. The summed E-state index contributed by atoms with van der Waals surface area (Å²) in [6.07, 6.45) is 0. The van der Waals surface area contributed by atoms with Gasteiger partial charge in [-0.05, 0) is 29.2 Å². The first-order chi connectivity index (χ1) is 6.18. The van der Waals surface area contributed by atoms with Crippen LogP contribution < -0.4 is 5.32 Å². The van der Waals surface area contributed by atoms with Gasteiger partial charge < -0.3 is 5.32 Å². The van der Waals surface area contributed by atoms with Gasteiger partial charge in [-0.1, -0.05) is 22.9 Å². The van der Waals surface area contributed by atoms with Crippen molar-refractivity contribution in [3.8, 4) is 0 Å². The zero-order valence-corrected chi connectivity index (χ0v) is 10.2. The van der Waals surface area contributed by atoms with Crippen LogP contribution in [0.5, 0.6) is 0 Å². The molecular weight excluding hydrogens is 268 g/mol. The first-order valence-corrected chi connectivity index (χ1v) is 5.16. The topological polar surface area (TPSA) is 12.0 Å². The largest absolute Gasteiger partial charge is 0.312 e. The molecule has 0 spiro atoms. The fraction of sp³-hybridized carbons (Fsp3) is 0.400. The summed E-state index contributed by atoms with van der Waals surface area (Å²) < 4.78 is 14.3. The van der Waals surface area contributed by atoms with Gasteiger partial charge in [-0.25, -0.2) is 4.39 Å². The van der Waals surface area contributed by atoms with Crippen LogP contribution in [-0.4, -0.2) is 6.54 Å². The van der Waals surface area contributed by atoms with E-state index < -0.39 is 0 Å². The molecule has 0 aromatic heterocycles. The summed E-state index contributed by atoms with van der Waals surface area (Å²) >= 11 is 3.29. The molecular formula is C10H12BrClFN. The van der Waals surface area contributed by atoms with E-state index in [0.29, 0.717) is 0 Å². The van der Waals surface area contributed by atoms with Crippen LogP contribution in [-0.2, 0) is 6.54 Å². The summed E-state index contributed by atoms with van der Waals surface area (Å²) in [6, 6.07) is 3.53. The molecule has 0 saturated heterocycles. The normalized spacial score (nSPS) is 19.8. The lowest BCUT2D eigenvalue weighted by Crippen LogP contribution is -2.27. The van der Waals surface area contributed by atoms with Crippen LogP contribution in [0.3, 0.4) is 0 Å². The van der Waals surface area contributed by atoms with Crippen molar-refractivity contribution in [1.82, 2.24) is 5.32 Å². The van der Waals surface area contributed by atoms with Crippen molar-refractivity contribution in [1.29, 1.82) is 0 Å². The minimum absolute atomic E-state index is 0. The van der Waals surface area contributed by atoms with E-state index in [-0.39, 0.29) is 24.1 Å². The van der Waals surface area contributed by atoms with E-state index in [4.69, 9.17) is 0 Å². The maximum atomic E-state index is 13.5. The predicted molar refractivity (Wildman–Crippen MR) is 61.5 cm³/mol. The molecule has 0 aliphatic carbocycles. The summed E-state index contributed by atoms with van der Waals surface area (Å²) in [5.41, 5.74) is 1.95. The van der Waals surface area contributed by atoms with Crippen molar-refractivity contribution < 1.29 is 4.39 Å². The Morgan fingerprint density at radius 2 is 2.21 bits per heavy atom. The molecule has 1 heterocycles. The number of hydrogen-bond donors (Lipinski definition) is 1. The van der Waals surface area contributed by atoms with Crippen LogP contribution in [0.25, 0.3) is 0 Å². The van der Waals surface area contributed by atoms with Gasteiger partial charge in [0.05, 0.1) is 0 Å². The zero-order chi connectivity index (χ0) is 9.42. The van der Waals surface area contributed by atoms with Crippen molar-refractivity contribution in [3.63, 3.8) is 0 Å². The van der Waals surface area contributed by atoms with Crippen LogP contribution in [0.15, 0.2) is 16.6 Å². The van der Waals surface area contributed by atoms with E-state index in [1.165, 1.54) is 0 Å². The molecule has 1 aromatic rings. The van der Waals surface area contributed by atoms with Crippen molar-refractivity contribution in [3.05, 3.63) is 33.5 Å². The SMILES string of the molecule is CC1CNCc2cc(Br)cc(F)c21.Cl. The van der Waals surface area contributed by atoms with E-state index >= 15 is 0 Å². The van der Waals surface area contributed by atoms with Crippen LogP contribution in [0.1, 0.15) is 24.0 Å². The molecule has 2 rings (SSSR count). The molecule has 0 amide bonds. The standard InChI is InChI=1S/C10H11BrFN.ClH/c1-6-4-13-5-7-2-8(11)3-9(12)10(6)7;/h2-3,6,13H,4-5H2,1H3;1H. The Morgan fingerprint density at radius 1 is 1.50 bits per heavy atom. The molecule has 0 fully saturated rings. The van der Waals surface area contributed by atoms with Crippen molar-refractivity contribution in [2.75, 3.05) is 6.54 Å². The number of hydrogen-bond acceptors (Lipinski definition) is 1. The monoisotopic (exact) mass is 279 g/mol. The molecule has 14 heavy (non-hydrogen) atoms. The Kier molecular flexibility index (Phi) is 3.93. The Labute approximate surface area is 97.6 Å². The second-order valence-electron chi connectivity index (χ2n) is 3.49. The van der Waals surface area contributed by atoms with Gasteiger partial charge in [0, 0.05) is 17.6 Å². The third kappa shape index (κ3) is 2.10. The highest BCUT2D eigenvalue weighted by atomic mass is 79.9. The summed E-state index contributed by atoms with van der Waals surface area (Å²) in [5.74, 6) is 0.190. The quantitative estimate of drug-likeness (QED) is 0.769. The van der Waals surface area contributed by atoms with Gasteiger partial charge >= 0.3 is 0 Å². The number of rotatable bonds is 0. The van der Waals surface area contributed by atoms with E-state index in [2.05, 4.69) is 21.2 Å². The van der Waals surface area contributed by atoms with E-state index in [1.54, 1.807) is 6.07 Å². The Bertz CT molecular complexity index is 343. The van der Waals surface area contributed by atoms with Crippen molar-refractivity contribution in [2.24, 2.45) is 0 Å². The lowest BCUT2D eigenvalue weighted by Gasteiger charge is -2.24. The van der Waals surface area contributed by atoms with Crippen LogP contribution >= 0.6 is 28.3 Å². The lowest BCUT2D eigenvalue weighted by molar-refractivity contribution is 0.522. The third-order valence-electron chi connectivity index (χ3n) is 2.44. The van der Waals surface area contributed by atoms with Gasteiger partial charge in [0.1, 0.15) is 5.82 Å². The van der Waals surface area contributed by atoms with Gasteiger partial charge in [-0.15, -0.1) is 12.4 Å². The van der Waals surface area contributed by atoms with E-state index in [9.17, 15) is 4.39 Å². The molecule has 1 aromatic carbocycles. The molecule has 0 saturated carbocycles. The molecule has 4 heteroatoms. The maximum Gasteiger partial charge on any atom is 0.128 e. The number of halogens is 3. The van der Waals surface area contributed by atoms with Gasteiger partial charge in [-0.3, -0.25) is 0 Å². The fourth-order valence-corrected chi connectivity index (χ4v) is 2.34. The highest BCUT2D eigenvalue weighted by Gasteiger charge is 2.20. The Morgan fingerprint density at radius 3 is 2.93 bits per heavy atom. The first-order valence-electron chi connectivity index (χ1n) is 4.37. The Hall–Kier alpha value is -0.120. The van der Waals surface area contributed by atoms with Crippen LogP contribution in [0.2, 0.25) is 0 Å². The molecule has 1 aliphatic heterocycles. The van der Waals surface area contributed by atoms with Gasteiger partial charge in [-0.2, -0.15) is 0 Å². The number of nitrogens with one attached hydrogen (secondary N) is 1. The summed E-state index contributed by atoms with van der Waals surface area (Å²) in [6.45, 7) is 3.68. The minimum atomic E-state index is -0.0848. The van der Waals surface area contributed by atoms with Gasteiger partial charge in [0.2, 0.25) is 0 Å². The molecule has 78 valence electrons. The molecule has 0 bridgehead atoms. The number of benzene rings is 1. The predicted octanol–water partition coefficient (Wildman–Crippen LogP) is 3.22. The molecule has 1 nitrogen and oxygen atoms in total. The molecule has 1 atom stereocenters. The van der Waals surface area contributed by atoms with Gasteiger partial charge in [0.15, 0.2) is 0 Å². The summed E-state index contributed by atoms with van der Waals surface area (Å²) in [5, 5.41) is 3.26. The molecule has 1 N–H and O–H groups in total. The van der Waals surface area contributed by atoms with E-state index in [1.807, 2.05) is 13.0 Å². The summed E-state index contributed by atoms with van der Waals surface area (Å²) in [7, 11) is 0. The fourth-order valence-electron chi connectivity index (χ4n) is 1.86. The second kappa shape index (κ2) is 4.60. The maximum absolute atomic E-state index is 13.5. The highest BCUT2D eigenvalue weighted by Crippen LogP contribution is 2.29. The smallest absolute Gasteiger partial charge is 0.128 e. The van der Waals surface area contributed by atoms with Crippen molar-refractivity contribution >= 4 is 28.3 Å². The highest BCUT2D eigenvalue weighted by molar-refractivity contribution is 9.10. The van der Waals surface area contributed by atoms with Crippen molar-refractivity contribution in [2.45, 2.75) is 19.4 Å². The Balaban J connectivity index is 0.000000980. The van der Waals surface area contributed by atoms with Crippen LogP contribution in [0.4, 0.5) is 4.39 Å². The summed E-state index contributed by atoms with van der Waals surface area (Å²) in [4.78, 5) is 0. The first kappa shape index (κ1) is 12.0. The average Bonchev–Trinajstić information content (AvgIpc) is 2.02. The molecule has 1 unspecified atom stereocenters.